The highest BCUT2D eigenvalue weighted by Gasteiger charge is 2.31. The molecule has 0 bridgehead atoms. The molecule has 26 heavy (non-hydrogen) atoms. The van der Waals surface area contributed by atoms with Crippen molar-refractivity contribution >= 4 is 23.5 Å². The van der Waals surface area contributed by atoms with Gasteiger partial charge in [0, 0.05) is 24.1 Å². The second-order valence-corrected chi connectivity index (χ2v) is 7.45. The summed E-state index contributed by atoms with van der Waals surface area (Å²) in [5.74, 6) is 2.34. The topological polar surface area (TPSA) is 50.8 Å². The van der Waals surface area contributed by atoms with Crippen molar-refractivity contribution in [2.45, 2.75) is 19.2 Å². The van der Waals surface area contributed by atoms with E-state index in [1.165, 1.54) is 0 Å². The van der Waals surface area contributed by atoms with Gasteiger partial charge in [0.1, 0.15) is 16.9 Å². The minimum absolute atomic E-state index is 0.0664. The molecule has 0 aromatic heterocycles. The third-order valence-corrected chi connectivity index (χ3v) is 5.78. The molecule has 5 nitrogen and oxygen atoms in total. The van der Waals surface area contributed by atoms with Gasteiger partial charge in [-0.05, 0) is 42.7 Å². The first kappa shape index (κ1) is 18.5. The molecule has 1 N–H and O–H groups in total. The summed E-state index contributed by atoms with van der Waals surface area (Å²) in [6, 6.07) is 11.7. The smallest absolute Gasteiger partial charge is 0.323 e. The van der Waals surface area contributed by atoms with E-state index in [2.05, 4.69) is 5.32 Å². The van der Waals surface area contributed by atoms with Gasteiger partial charge < -0.3 is 19.7 Å². The van der Waals surface area contributed by atoms with Gasteiger partial charge in [-0.25, -0.2) is 4.79 Å². The summed E-state index contributed by atoms with van der Waals surface area (Å²) in [4.78, 5) is 14.8. The Hall–Kier alpha value is -2.34. The van der Waals surface area contributed by atoms with Crippen LogP contribution in [-0.2, 0) is 0 Å². The molecule has 3 rings (SSSR count). The van der Waals surface area contributed by atoms with Gasteiger partial charge in [0.15, 0.2) is 0 Å². The number of nitrogens with one attached hydrogen (secondary N) is 1. The number of rotatable bonds is 4. The van der Waals surface area contributed by atoms with Gasteiger partial charge in [-0.1, -0.05) is 18.2 Å². The molecule has 2 aromatic rings. The van der Waals surface area contributed by atoms with E-state index < -0.39 is 0 Å². The second kappa shape index (κ2) is 7.91. The zero-order valence-electron chi connectivity index (χ0n) is 15.5. The quantitative estimate of drug-likeness (QED) is 0.852. The number of nitrogens with zero attached hydrogens (tertiary/aromatic N) is 1. The van der Waals surface area contributed by atoms with E-state index in [1.54, 1.807) is 26.0 Å². The molecule has 1 atom stereocenters. The third-order valence-electron chi connectivity index (χ3n) is 4.52. The molecule has 2 amide bonds. The Labute approximate surface area is 158 Å². The van der Waals surface area contributed by atoms with E-state index in [0.717, 1.165) is 39.6 Å². The van der Waals surface area contributed by atoms with Gasteiger partial charge in [0.25, 0.3) is 0 Å². The number of ether oxygens (including phenoxy) is 2. The standard InChI is InChI=1S/C20H24N2O3S/c1-13-6-5-7-14(2)18(13)21-20(23)22-8-9-26-19(22)15-10-16(24-3)12-17(11-15)25-4/h5-7,10-12,19H,8-9H2,1-4H3,(H,21,23). The SMILES string of the molecule is COc1cc(OC)cc(C2SCCN2C(=O)Nc2c(C)cccc2C)c1. The van der Waals surface area contributed by atoms with Crippen molar-refractivity contribution in [2.24, 2.45) is 0 Å². The summed E-state index contributed by atoms with van der Waals surface area (Å²) >= 11 is 1.74. The lowest BCUT2D eigenvalue weighted by Crippen LogP contribution is -2.34. The van der Waals surface area contributed by atoms with Crippen LogP contribution in [0, 0.1) is 13.8 Å². The van der Waals surface area contributed by atoms with Crippen LogP contribution in [0.1, 0.15) is 22.1 Å². The first-order valence-corrected chi connectivity index (χ1v) is 9.56. The molecule has 1 unspecified atom stereocenters. The normalized spacial score (nSPS) is 16.5. The fraction of sp³-hybridized carbons (Fsp3) is 0.350. The number of carbonyl (C=O) groups is 1. The molecule has 138 valence electrons. The lowest BCUT2D eigenvalue weighted by molar-refractivity contribution is 0.214. The molecule has 0 spiro atoms. The molecule has 1 aliphatic rings. The number of hydrogen-bond acceptors (Lipinski definition) is 4. The number of aryl methyl sites for hydroxylation is 2. The summed E-state index contributed by atoms with van der Waals surface area (Å²) in [6.07, 6.45) is 0. The summed E-state index contributed by atoms with van der Waals surface area (Å²) in [5.41, 5.74) is 4.01. The number of thioether (sulfide) groups is 1. The van der Waals surface area contributed by atoms with E-state index in [0.29, 0.717) is 6.54 Å². The minimum atomic E-state index is -0.0841. The summed E-state index contributed by atoms with van der Waals surface area (Å²) in [6.45, 7) is 4.71. The molecule has 0 aliphatic carbocycles. The molecule has 0 saturated carbocycles. The van der Waals surface area contributed by atoms with Gasteiger partial charge in [0.2, 0.25) is 0 Å². The Morgan fingerprint density at radius 3 is 2.31 bits per heavy atom. The van der Waals surface area contributed by atoms with Crippen LogP contribution in [0.25, 0.3) is 0 Å². The first-order chi connectivity index (χ1) is 12.5. The molecule has 6 heteroatoms. The van der Waals surface area contributed by atoms with E-state index in [1.807, 2.05) is 55.1 Å². The number of methoxy groups -OCH3 is 2. The number of amides is 2. The Morgan fingerprint density at radius 1 is 1.12 bits per heavy atom. The van der Waals surface area contributed by atoms with Crippen LogP contribution >= 0.6 is 11.8 Å². The molecule has 1 saturated heterocycles. The van der Waals surface area contributed by atoms with Crippen LogP contribution in [0.3, 0.4) is 0 Å². The molecule has 1 aliphatic heterocycles. The lowest BCUT2D eigenvalue weighted by Gasteiger charge is -2.26. The second-order valence-electron chi connectivity index (χ2n) is 6.26. The van der Waals surface area contributed by atoms with Gasteiger partial charge in [-0.2, -0.15) is 0 Å². The summed E-state index contributed by atoms with van der Waals surface area (Å²) in [7, 11) is 3.26. The van der Waals surface area contributed by atoms with Gasteiger partial charge in [-0.15, -0.1) is 11.8 Å². The lowest BCUT2D eigenvalue weighted by atomic mass is 10.1. The minimum Gasteiger partial charge on any atom is -0.497 e. The molecule has 1 heterocycles. The number of carbonyl (C=O) groups excluding carboxylic acids is 1. The number of para-hydroxylation sites is 1. The maximum absolute atomic E-state index is 13.0. The predicted molar refractivity (Wildman–Crippen MR) is 106 cm³/mol. The van der Waals surface area contributed by atoms with Crippen LogP contribution in [0.4, 0.5) is 10.5 Å². The van der Waals surface area contributed by atoms with Crippen molar-refractivity contribution in [3.8, 4) is 11.5 Å². The Morgan fingerprint density at radius 2 is 1.73 bits per heavy atom. The van der Waals surface area contributed by atoms with Crippen molar-refractivity contribution in [1.29, 1.82) is 0 Å². The zero-order chi connectivity index (χ0) is 18.7. The van der Waals surface area contributed by atoms with E-state index >= 15 is 0 Å². The van der Waals surface area contributed by atoms with Crippen molar-refractivity contribution < 1.29 is 14.3 Å². The summed E-state index contributed by atoms with van der Waals surface area (Å²) in [5, 5.41) is 3.02. The van der Waals surface area contributed by atoms with Crippen molar-refractivity contribution in [3.05, 3.63) is 53.1 Å². The molecule has 0 radical (unpaired) electrons. The molecular weight excluding hydrogens is 348 g/mol. The number of anilines is 1. The van der Waals surface area contributed by atoms with E-state index in [-0.39, 0.29) is 11.4 Å². The van der Waals surface area contributed by atoms with E-state index in [4.69, 9.17) is 9.47 Å². The highest BCUT2D eigenvalue weighted by molar-refractivity contribution is 7.99. The largest absolute Gasteiger partial charge is 0.497 e. The molecule has 2 aromatic carbocycles. The molecular formula is C20H24N2O3S. The third kappa shape index (κ3) is 3.75. The van der Waals surface area contributed by atoms with Crippen molar-refractivity contribution in [1.82, 2.24) is 4.90 Å². The molecule has 1 fully saturated rings. The fourth-order valence-corrected chi connectivity index (χ4v) is 4.35. The number of hydrogen-bond donors (Lipinski definition) is 1. The van der Waals surface area contributed by atoms with Gasteiger partial charge in [-0.3, -0.25) is 0 Å². The van der Waals surface area contributed by atoms with Crippen LogP contribution in [0.5, 0.6) is 11.5 Å². The van der Waals surface area contributed by atoms with Gasteiger partial charge in [0.05, 0.1) is 14.2 Å². The Balaban J connectivity index is 1.85. The first-order valence-electron chi connectivity index (χ1n) is 8.52. The van der Waals surface area contributed by atoms with Crippen molar-refractivity contribution in [3.63, 3.8) is 0 Å². The number of benzene rings is 2. The average molecular weight is 372 g/mol. The predicted octanol–water partition coefficient (Wildman–Crippen LogP) is 4.60. The maximum atomic E-state index is 13.0. The van der Waals surface area contributed by atoms with Crippen LogP contribution in [0.2, 0.25) is 0 Å². The van der Waals surface area contributed by atoms with Crippen LogP contribution in [0.15, 0.2) is 36.4 Å². The number of urea groups is 1. The monoisotopic (exact) mass is 372 g/mol. The average Bonchev–Trinajstić information content (AvgIpc) is 3.14. The van der Waals surface area contributed by atoms with Crippen LogP contribution < -0.4 is 14.8 Å². The Kier molecular flexibility index (Phi) is 5.61. The van der Waals surface area contributed by atoms with Gasteiger partial charge >= 0.3 is 6.03 Å². The van der Waals surface area contributed by atoms with Crippen molar-refractivity contribution in [2.75, 3.05) is 31.8 Å². The summed E-state index contributed by atoms with van der Waals surface area (Å²) < 4.78 is 10.7. The van der Waals surface area contributed by atoms with E-state index in [9.17, 15) is 4.79 Å². The maximum Gasteiger partial charge on any atom is 0.323 e. The Bertz CT molecular complexity index is 767. The highest BCUT2D eigenvalue weighted by atomic mass is 32.2. The zero-order valence-corrected chi connectivity index (χ0v) is 16.4. The van der Waals surface area contributed by atoms with Crippen LogP contribution in [-0.4, -0.2) is 37.4 Å². The highest BCUT2D eigenvalue weighted by Crippen LogP contribution is 2.41. The fourth-order valence-electron chi connectivity index (χ4n) is 3.12.